The standard InChI is InChI=1S/C21H20N2O5/c1-4-28-15-7-5-6-13(8-15)20(24)23-21(25)17-12-22-11-14-9-18(26-2)19(27-3)10-16(14)17/h5-12H,4H2,1-3H3,(H,23,24,25). The second kappa shape index (κ2) is 8.39. The average molecular weight is 380 g/mol. The number of pyridine rings is 1. The van der Waals surface area contributed by atoms with Crippen LogP contribution in [0.4, 0.5) is 0 Å². The number of aromatic nitrogens is 1. The highest BCUT2D eigenvalue weighted by Crippen LogP contribution is 2.33. The summed E-state index contributed by atoms with van der Waals surface area (Å²) in [6, 6.07) is 10.1. The number of carbonyl (C=O) groups excluding carboxylic acids is 2. The molecule has 0 aliphatic rings. The number of rotatable bonds is 6. The number of imide groups is 1. The number of nitrogens with one attached hydrogen (secondary N) is 1. The first-order chi connectivity index (χ1) is 13.6. The van der Waals surface area contributed by atoms with E-state index in [1.165, 1.54) is 20.4 Å². The van der Waals surface area contributed by atoms with Gasteiger partial charge >= 0.3 is 0 Å². The second-order valence-electron chi connectivity index (χ2n) is 5.86. The van der Waals surface area contributed by atoms with Gasteiger partial charge in [0.15, 0.2) is 11.5 Å². The largest absolute Gasteiger partial charge is 0.494 e. The van der Waals surface area contributed by atoms with Gasteiger partial charge in [-0.25, -0.2) is 0 Å². The molecule has 3 aromatic rings. The summed E-state index contributed by atoms with van der Waals surface area (Å²) in [7, 11) is 3.04. The fraction of sp³-hybridized carbons (Fsp3) is 0.190. The van der Waals surface area contributed by atoms with Crippen molar-refractivity contribution in [1.82, 2.24) is 10.3 Å². The van der Waals surface area contributed by atoms with Crippen LogP contribution in [0.25, 0.3) is 10.8 Å². The van der Waals surface area contributed by atoms with Gasteiger partial charge in [-0.15, -0.1) is 0 Å². The fourth-order valence-electron chi connectivity index (χ4n) is 2.81. The minimum absolute atomic E-state index is 0.257. The van der Waals surface area contributed by atoms with Crippen molar-refractivity contribution in [3.63, 3.8) is 0 Å². The van der Waals surface area contributed by atoms with Crippen molar-refractivity contribution in [3.8, 4) is 17.2 Å². The van der Waals surface area contributed by atoms with Gasteiger partial charge in [0.25, 0.3) is 11.8 Å². The normalized spacial score (nSPS) is 10.4. The summed E-state index contributed by atoms with van der Waals surface area (Å²) >= 11 is 0. The topological polar surface area (TPSA) is 86.8 Å². The molecule has 0 unspecified atom stereocenters. The maximum atomic E-state index is 12.7. The zero-order chi connectivity index (χ0) is 20.1. The molecule has 1 aromatic heterocycles. The van der Waals surface area contributed by atoms with Gasteiger partial charge in [-0.3, -0.25) is 19.9 Å². The van der Waals surface area contributed by atoms with E-state index in [4.69, 9.17) is 14.2 Å². The fourth-order valence-corrected chi connectivity index (χ4v) is 2.81. The van der Waals surface area contributed by atoms with Gasteiger partial charge in [-0.2, -0.15) is 0 Å². The Kier molecular flexibility index (Phi) is 5.74. The summed E-state index contributed by atoms with van der Waals surface area (Å²) in [6.45, 7) is 2.34. The van der Waals surface area contributed by atoms with Crippen LogP contribution >= 0.6 is 0 Å². The lowest BCUT2D eigenvalue weighted by Gasteiger charge is -2.12. The molecule has 7 heteroatoms. The predicted octanol–water partition coefficient (Wildman–Crippen LogP) is 3.22. The number of hydrogen-bond donors (Lipinski definition) is 1. The molecule has 2 aromatic carbocycles. The van der Waals surface area contributed by atoms with Crippen molar-refractivity contribution in [1.29, 1.82) is 0 Å². The summed E-state index contributed by atoms with van der Waals surface area (Å²) in [4.78, 5) is 29.3. The summed E-state index contributed by atoms with van der Waals surface area (Å²) in [5.74, 6) is 0.483. The zero-order valence-corrected chi connectivity index (χ0v) is 15.8. The summed E-state index contributed by atoms with van der Waals surface area (Å²) in [5, 5.41) is 3.68. The zero-order valence-electron chi connectivity index (χ0n) is 15.8. The monoisotopic (exact) mass is 380 g/mol. The van der Waals surface area contributed by atoms with Gasteiger partial charge in [0.2, 0.25) is 0 Å². The van der Waals surface area contributed by atoms with E-state index in [2.05, 4.69) is 10.3 Å². The quantitative estimate of drug-likeness (QED) is 0.661. The Morgan fingerprint density at radius 1 is 1.00 bits per heavy atom. The third-order valence-corrected chi connectivity index (χ3v) is 4.14. The summed E-state index contributed by atoms with van der Waals surface area (Å²) in [5.41, 5.74) is 0.583. The second-order valence-corrected chi connectivity index (χ2v) is 5.86. The number of hydrogen-bond acceptors (Lipinski definition) is 6. The first kappa shape index (κ1) is 19.2. The van der Waals surface area contributed by atoms with Crippen molar-refractivity contribution < 1.29 is 23.8 Å². The molecular weight excluding hydrogens is 360 g/mol. The molecule has 0 spiro atoms. The van der Waals surface area contributed by atoms with Crippen LogP contribution in [0.1, 0.15) is 27.6 Å². The van der Waals surface area contributed by atoms with Crippen LogP contribution in [0.3, 0.4) is 0 Å². The minimum atomic E-state index is -0.558. The molecule has 0 bridgehead atoms. The predicted molar refractivity (Wildman–Crippen MR) is 104 cm³/mol. The molecule has 7 nitrogen and oxygen atoms in total. The van der Waals surface area contributed by atoms with Gasteiger partial charge in [-0.05, 0) is 37.3 Å². The van der Waals surface area contributed by atoms with Crippen LogP contribution in [0.15, 0.2) is 48.8 Å². The number of nitrogens with zero attached hydrogens (tertiary/aromatic N) is 1. The molecule has 0 aliphatic carbocycles. The molecule has 0 aliphatic heterocycles. The Hall–Kier alpha value is -3.61. The minimum Gasteiger partial charge on any atom is -0.494 e. The Morgan fingerprint density at radius 2 is 1.75 bits per heavy atom. The lowest BCUT2D eigenvalue weighted by molar-refractivity contribution is 0.0850. The Labute approximate surface area is 162 Å². The van der Waals surface area contributed by atoms with Crippen molar-refractivity contribution in [2.24, 2.45) is 0 Å². The summed E-state index contributed by atoms with van der Waals surface area (Å²) < 4.78 is 16.0. The third-order valence-electron chi connectivity index (χ3n) is 4.14. The number of carbonyl (C=O) groups is 2. The van der Waals surface area contributed by atoms with E-state index in [-0.39, 0.29) is 5.56 Å². The Balaban J connectivity index is 1.91. The maximum Gasteiger partial charge on any atom is 0.260 e. The molecule has 0 fully saturated rings. The van der Waals surface area contributed by atoms with Crippen LogP contribution in [0.5, 0.6) is 17.2 Å². The first-order valence-corrected chi connectivity index (χ1v) is 8.65. The third kappa shape index (κ3) is 3.88. The van der Waals surface area contributed by atoms with Crippen LogP contribution in [0.2, 0.25) is 0 Å². The molecule has 0 saturated heterocycles. The van der Waals surface area contributed by atoms with Crippen molar-refractivity contribution >= 4 is 22.6 Å². The number of amides is 2. The van der Waals surface area contributed by atoms with E-state index in [1.807, 2.05) is 6.92 Å². The first-order valence-electron chi connectivity index (χ1n) is 8.65. The smallest absolute Gasteiger partial charge is 0.260 e. The van der Waals surface area contributed by atoms with Crippen LogP contribution < -0.4 is 19.5 Å². The lowest BCUT2D eigenvalue weighted by Crippen LogP contribution is -2.30. The van der Waals surface area contributed by atoms with Crippen LogP contribution in [0, 0.1) is 0 Å². The van der Waals surface area contributed by atoms with E-state index >= 15 is 0 Å². The highest BCUT2D eigenvalue weighted by molar-refractivity contribution is 6.15. The Morgan fingerprint density at radius 3 is 2.46 bits per heavy atom. The lowest BCUT2D eigenvalue weighted by atomic mass is 10.1. The van der Waals surface area contributed by atoms with E-state index < -0.39 is 11.8 Å². The van der Waals surface area contributed by atoms with Crippen molar-refractivity contribution in [2.45, 2.75) is 6.92 Å². The van der Waals surface area contributed by atoms with E-state index in [0.29, 0.717) is 40.2 Å². The molecule has 1 heterocycles. The van der Waals surface area contributed by atoms with Crippen LogP contribution in [-0.4, -0.2) is 37.6 Å². The van der Waals surface area contributed by atoms with Gasteiger partial charge < -0.3 is 14.2 Å². The number of ether oxygens (including phenoxy) is 3. The molecule has 2 amide bonds. The molecule has 144 valence electrons. The van der Waals surface area contributed by atoms with Crippen LogP contribution in [-0.2, 0) is 0 Å². The molecule has 3 rings (SSSR count). The molecule has 1 N–H and O–H groups in total. The van der Waals surface area contributed by atoms with E-state index in [1.54, 1.807) is 42.6 Å². The van der Waals surface area contributed by atoms with Crippen molar-refractivity contribution in [2.75, 3.05) is 20.8 Å². The molecule has 28 heavy (non-hydrogen) atoms. The molecule has 0 saturated carbocycles. The number of fused-ring (bicyclic) bond motifs is 1. The highest BCUT2D eigenvalue weighted by atomic mass is 16.5. The number of methoxy groups -OCH3 is 2. The SMILES string of the molecule is CCOc1cccc(C(=O)NC(=O)c2cncc3cc(OC)c(OC)cc23)c1. The van der Waals surface area contributed by atoms with Gasteiger partial charge in [0.05, 0.1) is 26.4 Å². The summed E-state index contributed by atoms with van der Waals surface area (Å²) in [6.07, 6.45) is 3.02. The molecular formula is C21H20N2O5. The van der Waals surface area contributed by atoms with Gasteiger partial charge in [0.1, 0.15) is 5.75 Å². The van der Waals surface area contributed by atoms with Gasteiger partial charge in [-0.1, -0.05) is 6.07 Å². The van der Waals surface area contributed by atoms with E-state index in [9.17, 15) is 9.59 Å². The Bertz CT molecular complexity index is 1030. The van der Waals surface area contributed by atoms with E-state index in [0.717, 1.165) is 0 Å². The van der Waals surface area contributed by atoms with Crippen molar-refractivity contribution in [3.05, 3.63) is 59.9 Å². The maximum absolute atomic E-state index is 12.7. The average Bonchev–Trinajstić information content (AvgIpc) is 2.72. The molecule has 0 atom stereocenters. The molecule has 0 radical (unpaired) electrons. The highest BCUT2D eigenvalue weighted by Gasteiger charge is 2.17. The number of benzene rings is 2. The van der Waals surface area contributed by atoms with Gasteiger partial charge in [0, 0.05) is 28.7 Å².